The molecule has 0 aliphatic heterocycles. The second-order valence-electron chi connectivity index (χ2n) is 9.25. The molecule has 1 aromatic heterocycles. The Morgan fingerprint density at radius 2 is 1.81 bits per heavy atom. The molecule has 8 heteroatoms. The van der Waals surface area contributed by atoms with Crippen LogP contribution in [0.1, 0.15) is 64.9 Å². The highest BCUT2D eigenvalue weighted by atomic mass is 16.6. The van der Waals surface area contributed by atoms with Crippen molar-refractivity contribution in [3.05, 3.63) is 71.7 Å². The van der Waals surface area contributed by atoms with Crippen LogP contribution in [-0.2, 0) is 14.3 Å². The summed E-state index contributed by atoms with van der Waals surface area (Å²) >= 11 is 0. The first-order chi connectivity index (χ1) is 17.6. The van der Waals surface area contributed by atoms with E-state index in [1.54, 1.807) is 42.4 Å². The van der Waals surface area contributed by atoms with Gasteiger partial charge in [0.25, 0.3) is 5.91 Å². The number of imidazole rings is 1. The van der Waals surface area contributed by atoms with Gasteiger partial charge in [-0.1, -0.05) is 38.2 Å². The van der Waals surface area contributed by atoms with Gasteiger partial charge in [-0.3, -0.25) is 9.36 Å². The Balaban J connectivity index is 0.00000235. The number of anilines is 2. The molecule has 200 valence electrons. The average Bonchev–Trinajstić information content (AvgIpc) is 3.00. The number of nitrogens with one attached hydrogen (secondary N) is 1. The predicted molar refractivity (Wildman–Crippen MR) is 150 cm³/mol. The minimum absolute atomic E-state index is 0.138. The number of hydrogen-bond acceptors (Lipinski definition) is 6. The minimum atomic E-state index is -0.728. The fourth-order valence-electron chi connectivity index (χ4n) is 3.50. The normalized spacial score (nSPS) is 14.8. The molecule has 0 unspecified atom stereocenters. The lowest BCUT2D eigenvalue weighted by molar-refractivity contribution is -0.112. The van der Waals surface area contributed by atoms with Gasteiger partial charge in [-0.2, -0.15) is 4.98 Å². The smallest absolute Gasteiger partial charge is 0.359 e. The van der Waals surface area contributed by atoms with E-state index < -0.39 is 11.6 Å². The molecular formula is C29H40N4O4. The van der Waals surface area contributed by atoms with Gasteiger partial charge in [0.15, 0.2) is 11.5 Å². The first-order valence-corrected chi connectivity index (χ1v) is 12.7. The van der Waals surface area contributed by atoms with Gasteiger partial charge in [-0.05, 0) is 70.9 Å². The number of nitrogens with zero attached hydrogens (tertiary/aromatic N) is 3. The Kier molecular flexibility index (Phi) is 10.7. The summed E-state index contributed by atoms with van der Waals surface area (Å²) in [5, 5.41) is 2.85. The van der Waals surface area contributed by atoms with Gasteiger partial charge < -0.3 is 19.7 Å². The van der Waals surface area contributed by atoms with Gasteiger partial charge in [0.05, 0.1) is 6.61 Å². The highest BCUT2D eigenvalue weighted by Gasteiger charge is 2.31. The molecule has 37 heavy (non-hydrogen) atoms. The summed E-state index contributed by atoms with van der Waals surface area (Å²) in [7, 11) is 3.66. The van der Waals surface area contributed by atoms with E-state index >= 15 is 0 Å². The molecule has 3 rings (SSSR count). The van der Waals surface area contributed by atoms with E-state index in [1.165, 1.54) is 0 Å². The van der Waals surface area contributed by atoms with Gasteiger partial charge in [0.1, 0.15) is 11.4 Å². The van der Waals surface area contributed by atoms with Crippen LogP contribution in [0.25, 0.3) is 5.70 Å². The van der Waals surface area contributed by atoms with Crippen molar-refractivity contribution in [2.45, 2.75) is 60.0 Å². The van der Waals surface area contributed by atoms with E-state index in [9.17, 15) is 9.59 Å². The first kappa shape index (κ1) is 29.4. The maximum absolute atomic E-state index is 13.4. The van der Waals surface area contributed by atoms with Crippen LogP contribution in [0.4, 0.5) is 11.8 Å². The van der Waals surface area contributed by atoms with Crippen molar-refractivity contribution in [2.24, 2.45) is 0 Å². The van der Waals surface area contributed by atoms with Crippen molar-refractivity contribution in [1.29, 1.82) is 0 Å². The average molecular weight is 509 g/mol. The molecule has 8 nitrogen and oxygen atoms in total. The zero-order valence-corrected chi connectivity index (χ0v) is 23.3. The number of amides is 1. The van der Waals surface area contributed by atoms with Crippen LogP contribution in [0, 0.1) is 0 Å². The molecule has 1 aromatic rings. The van der Waals surface area contributed by atoms with Crippen molar-refractivity contribution >= 4 is 29.3 Å². The molecule has 1 amide bonds. The largest absolute Gasteiger partial charge is 0.494 e. The van der Waals surface area contributed by atoms with Crippen LogP contribution in [0.3, 0.4) is 0 Å². The maximum atomic E-state index is 13.4. The van der Waals surface area contributed by atoms with Crippen molar-refractivity contribution in [2.75, 3.05) is 30.9 Å². The maximum Gasteiger partial charge on any atom is 0.359 e. The lowest BCUT2D eigenvalue weighted by Crippen LogP contribution is -2.27. The predicted octanol–water partition coefficient (Wildman–Crippen LogP) is 6.03. The summed E-state index contributed by atoms with van der Waals surface area (Å²) in [6.45, 7) is 11.8. The molecule has 0 aromatic carbocycles. The van der Waals surface area contributed by atoms with Crippen LogP contribution < -0.4 is 10.2 Å². The number of carbonyl (C=O) groups is 2. The second kappa shape index (κ2) is 13.5. The fraction of sp³-hybridized carbons (Fsp3) is 0.414. The molecule has 0 saturated carbocycles. The van der Waals surface area contributed by atoms with Crippen molar-refractivity contribution < 1.29 is 19.1 Å². The van der Waals surface area contributed by atoms with Crippen LogP contribution >= 0.6 is 0 Å². The summed E-state index contributed by atoms with van der Waals surface area (Å²) in [5.41, 5.74) is 0.674. The van der Waals surface area contributed by atoms with Crippen molar-refractivity contribution in [3.63, 3.8) is 0 Å². The standard InChI is InChI=1S/C27H34N4O4.C2H6/c1-7-34-21-16-12-13-19(17-18-21)24(32)28-23-22(25(33)35-27(2,3)4)31(26(29-23)30(5)6)20-14-10-8-9-11-15-20;1-2/h8,10-12,14-18H,7,9,13H2,1-6H3,(H,28,32);1-2H3. The number of hydrogen-bond donors (Lipinski definition) is 1. The van der Waals surface area contributed by atoms with E-state index in [1.807, 2.05) is 77.4 Å². The number of ether oxygens (including phenoxy) is 2. The number of carbonyl (C=O) groups excluding carboxylic acids is 2. The highest BCUT2D eigenvalue weighted by Crippen LogP contribution is 2.31. The minimum Gasteiger partial charge on any atom is -0.494 e. The Hall–Kier alpha value is -3.81. The number of allylic oxidation sites excluding steroid dienone is 10. The molecule has 1 heterocycles. The third-order valence-electron chi connectivity index (χ3n) is 4.98. The lowest BCUT2D eigenvalue weighted by Gasteiger charge is -2.21. The molecule has 0 spiro atoms. The van der Waals surface area contributed by atoms with E-state index in [4.69, 9.17) is 9.47 Å². The molecule has 0 radical (unpaired) electrons. The summed E-state index contributed by atoms with van der Waals surface area (Å²) in [6, 6.07) is 0. The topological polar surface area (TPSA) is 85.7 Å². The molecule has 0 saturated heterocycles. The summed E-state index contributed by atoms with van der Waals surface area (Å²) in [4.78, 5) is 33.1. The molecule has 0 bridgehead atoms. The Morgan fingerprint density at radius 3 is 2.46 bits per heavy atom. The van der Waals surface area contributed by atoms with Crippen molar-refractivity contribution in [3.8, 4) is 0 Å². The van der Waals surface area contributed by atoms with Gasteiger partial charge >= 0.3 is 5.97 Å². The molecule has 2 aliphatic rings. The Labute approximate surface area is 220 Å². The van der Waals surface area contributed by atoms with E-state index in [0.717, 1.165) is 12.1 Å². The third kappa shape index (κ3) is 8.10. The number of rotatable bonds is 7. The third-order valence-corrected chi connectivity index (χ3v) is 4.98. The van der Waals surface area contributed by atoms with E-state index in [-0.39, 0.29) is 17.4 Å². The van der Waals surface area contributed by atoms with E-state index in [2.05, 4.69) is 10.3 Å². The zero-order valence-electron chi connectivity index (χ0n) is 23.3. The monoisotopic (exact) mass is 508 g/mol. The lowest BCUT2D eigenvalue weighted by atomic mass is 10.1. The molecule has 0 atom stereocenters. The van der Waals surface area contributed by atoms with Crippen LogP contribution in [0.5, 0.6) is 0 Å². The number of esters is 1. The van der Waals surface area contributed by atoms with Crippen molar-refractivity contribution in [1.82, 2.24) is 9.55 Å². The second-order valence-corrected chi connectivity index (χ2v) is 9.25. The summed E-state index contributed by atoms with van der Waals surface area (Å²) in [6.07, 6.45) is 18.1. The highest BCUT2D eigenvalue weighted by molar-refractivity contribution is 6.07. The van der Waals surface area contributed by atoms with Crippen LogP contribution in [-0.4, -0.2) is 47.7 Å². The number of aromatic nitrogens is 2. The fourth-order valence-corrected chi connectivity index (χ4v) is 3.50. The molecule has 2 aliphatic carbocycles. The van der Waals surface area contributed by atoms with Gasteiger partial charge in [0.2, 0.25) is 5.95 Å². The zero-order chi connectivity index (χ0) is 27.6. The van der Waals surface area contributed by atoms with Crippen LogP contribution in [0.15, 0.2) is 66.0 Å². The van der Waals surface area contributed by atoms with Crippen LogP contribution in [0.2, 0.25) is 0 Å². The summed E-state index contributed by atoms with van der Waals surface area (Å²) in [5.74, 6) is 0.376. The van der Waals surface area contributed by atoms with Gasteiger partial charge in [-0.15, -0.1) is 0 Å². The Morgan fingerprint density at radius 1 is 1.08 bits per heavy atom. The molecular weight excluding hydrogens is 468 g/mol. The Bertz CT molecular complexity index is 1160. The molecule has 0 fully saturated rings. The SMILES string of the molecule is CC.CCOC1=CC=C(C(=O)Nc2nc(N(C)C)n(C3=CC=CCC=C3)c2C(=O)OC(C)(C)C)CC=C1. The summed E-state index contributed by atoms with van der Waals surface area (Å²) < 4.78 is 13.0. The quantitative estimate of drug-likeness (QED) is 0.453. The van der Waals surface area contributed by atoms with Gasteiger partial charge in [-0.25, -0.2) is 4.79 Å². The molecule has 1 N–H and O–H groups in total. The van der Waals surface area contributed by atoms with E-state index in [0.29, 0.717) is 30.3 Å². The first-order valence-electron chi connectivity index (χ1n) is 12.7. The van der Waals surface area contributed by atoms with Gasteiger partial charge in [0, 0.05) is 25.4 Å².